The summed E-state index contributed by atoms with van der Waals surface area (Å²) in [6, 6.07) is 6.90. The first kappa shape index (κ1) is 22.2. The third-order valence-corrected chi connectivity index (χ3v) is 5.73. The van der Waals surface area contributed by atoms with Crippen molar-refractivity contribution in [3.8, 4) is 0 Å². The molecule has 0 aromatic heterocycles. The molecular weight excluding hydrogens is 354 g/mol. The number of benzene rings is 1. The van der Waals surface area contributed by atoms with E-state index >= 15 is 0 Å². The Morgan fingerprint density at radius 3 is 2.61 bits per heavy atom. The number of nitrogens with zero attached hydrogens (tertiary/aromatic N) is 1. The summed E-state index contributed by atoms with van der Waals surface area (Å²) < 4.78 is 0. The first-order chi connectivity index (χ1) is 13.4. The lowest BCUT2D eigenvalue weighted by Crippen LogP contribution is -2.34. The highest BCUT2D eigenvalue weighted by molar-refractivity contribution is 5.87. The van der Waals surface area contributed by atoms with Crippen LogP contribution in [0.1, 0.15) is 74.7 Å². The first-order valence-corrected chi connectivity index (χ1v) is 10.4. The van der Waals surface area contributed by atoms with E-state index in [-0.39, 0.29) is 17.5 Å². The quantitative estimate of drug-likeness (QED) is 0.558. The summed E-state index contributed by atoms with van der Waals surface area (Å²) in [6.07, 6.45) is 10.4. The first-order valence-electron chi connectivity index (χ1n) is 10.4. The molecule has 1 aromatic carbocycles. The smallest absolute Gasteiger partial charge is 0.335 e. The molecular formula is C23H33NO4. The van der Waals surface area contributed by atoms with Crippen LogP contribution in [0.3, 0.4) is 0 Å². The van der Waals surface area contributed by atoms with E-state index < -0.39 is 11.6 Å². The highest BCUT2D eigenvalue weighted by Crippen LogP contribution is 2.25. The number of carbonyl (C=O) groups is 2. The van der Waals surface area contributed by atoms with Gasteiger partial charge in [0.1, 0.15) is 0 Å². The molecule has 1 aliphatic rings. The van der Waals surface area contributed by atoms with Crippen molar-refractivity contribution in [1.29, 1.82) is 0 Å². The van der Waals surface area contributed by atoms with E-state index in [4.69, 9.17) is 5.11 Å². The fraction of sp³-hybridized carbons (Fsp3) is 0.565. The second kappa shape index (κ2) is 10.4. The molecule has 5 nitrogen and oxygen atoms in total. The molecule has 1 fully saturated rings. The zero-order valence-corrected chi connectivity index (χ0v) is 17.1. The standard InChI is InChI=1S/C23H33NO4/c1-3-5-15-23(28,4-2)16-6-7-20-12-13-21(25)24(20)17-14-18-8-10-19(11-9-18)22(26)27/h6-11,20,28H,3-5,12-17H2,1-2H3,(H,26,27)/b7-6+/t20-,23+/m1/s1. The van der Waals surface area contributed by atoms with Crippen LogP contribution in [0, 0.1) is 0 Å². The van der Waals surface area contributed by atoms with Gasteiger partial charge >= 0.3 is 5.97 Å². The normalized spacial score (nSPS) is 19.3. The molecule has 1 aromatic rings. The van der Waals surface area contributed by atoms with Crippen LogP contribution in [0.25, 0.3) is 0 Å². The van der Waals surface area contributed by atoms with Crippen molar-refractivity contribution < 1.29 is 19.8 Å². The highest BCUT2D eigenvalue weighted by Gasteiger charge is 2.29. The average molecular weight is 388 g/mol. The molecule has 0 saturated carbocycles. The van der Waals surface area contributed by atoms with Crippen molar-refractivity contribution in [3.63, 3.8) is 0 Å². The average Bonchev–Trinajstić information content (AvgIpc) is 3.04. The molecule has 0 spiro atoms. The zero-order chi connectivity index (χ0) is 20.6. The number of hydrogen-bond acceptors (Lipinski definition) is 3. The van der Waals surface area contributed by atoms with Crippen LogP contribution in [0.5, 0.6) is 0 Å². The molecule has 1 heterocycles. The molecule has 0 unspecified atom stereocenters. The molecule has 2 N–H and O–H groups in total. The van der Waals surface area contributed by atoms with Crippen molar-refractivity contribution >= 4 is 11.9 Å². The minimum atomic E-state index is -0.933. The van der Waals surface area contributed by atoms with Gasteiger partial charge in [-0.25, -0.2) is 4.79 Å². The predicted molar refractivity (Wildman–Crippen MR) is 110 cm³/mol. The fourth-order valence-corrected chi connectivity index (χ4v) is 3.68. The summed E-state index contributed by atoms with van der Waals surface area (Å²) in [5, 5.41) is 19.7. The van der Waals surface area contributed by atoms with Crippen LogP contribution in [-0.4, -0.2) is 45.2 Å². The van der Waals surface area contributed by atoms with Gasteiger partial charge in [0.15, 0.2) is 0 Å². The lowest BCUT2D eigenvalue weighted by Gasteiger charge is -2.26. The van der Waals surface area contributed by atoms with Gasteiger partial charge in [0.2, 0.25) is 5.91 Å². The molecule has 1 aliphatic heterocycles. The van der Waals surface area contributed by atoms with Gasteiger partial charge in [-0.3, -0.25) is 4.79 Å². The minimum Gasteiger partial charge on any atom is -0.478 e. The topological polar surface area (TPSA) is 77.8 Å². The van der Waals surface area contributed by atoms with Gasteiger partial charge in [0.05, 0.1) is 17.2 Å². The molecule has 28 heavy (non-hydrogen) atoms. The number of rotatable bonds is 11. The second-order valence-corrected chi connectivity index (χ2v) is 7.76. The number of likely N-dealkylation sites (tertiary alicyclic amines) is 1. The number of carboxylic acid groups (broad SMARTS) is 1. The Bertz CT molecular complexity index is 682. The molecule has 1 amide bonds. The fourth-order valence-electron chi connectivity index (χ4n) is 3.68. The second-order valence-electron chi connectivity index (χ2n) is 7.76. The lowest BCUT2D eigenvalue weighted by atomic mass is 9.90. The summed E-state index contributed by atoms with van der Waals surface area (Å²) in [6.45, 7) is 4.77. The van der Waals surface area contributed by atoms with Crippen molar-refractivity contribution in [2.45, 2.75) is 76.9 Å². The maximum absolute atomic E-state index is 12.3. The Morgan fingerprint density at radius 1 is 1.29 bits per heavy atom. The molecule has 2 rings (SSSR count). The molecule has 2 atom stereocenters. The van der Waals surface area contributed by atoms with E-state index in [0.29, 0.717) is 25.8 Å². The van der Waals surface area contributed by atoms with Crippen LogP contribution >= 0.6 is 0 Å². The summed E-state index contributed by atoms with van der Waals surface area (Å²) in [5.41, 5.74) is 0.645. The van der Waals surface area contributed by atoms with Crippen molar-refractivity contribution in [2.75, 3.05) is 6.54 Å². The van der Waals surface area contributed by atoms with Gasteiger partial charge in [-0.2, -0.15) is 0 Å². The zero-order valence-electron chi connectivity index (χ0n) is 17.1. The predicted octanol–water partition coefficient (Wildman–Crippen LogP) is 4.20. The van der Waals surface area contributed by atoms with Crippen molar-refractivity contribution in [3.05, 3.63) is 47.5 Å². The number of unbranched alkanes of at least 4 members (excludes halogenated alkanes) is 1. The van der Waals surface area contributed by atoms with Gasteiger partial charge in [-0.15, -0.1) is 0 Å². The number of aliphatic hydroxyl groups is 1. The summed E-state index contributed by atoms with van der Waals surface area (Å²) in [5.74, 6) is -0.772. The molecule has 154 valence electrons. The van der Waals surface area contributed by atoms with Gasteiger partial charge in [0.25, 0.3) is 0 Å². The maximum Gasteiger partial charge on any atom is 0.335 e. The van der Waals surface area contributed by atoms with Gasteiger partial charge in [0, 0.05) is 13.0 Å². The third-order valence-electron chi connectivity index (χ3n) is 5.73. The summed E-state index contributed by atoms with van der Waals surface area (Å²) >= 11 is 0. The van der Waals surface area contributed by atoms with E-state index in [1.807, 2.05) is 30.0 Å². The summed E-state index contributed by atoms with van der Waals surface area (Å²) in [4.78, 5) is 25.1. The lowest BCUT2D eigenvalue weighted by molar-refractivity contribution is -0.128. The van der Waals surface area contributed by atoms with Gasteiger partial charge in [-0.05, 0) is 49.8 Å². The maximum atomic E-state index is 12.3. The van der Waals surface area contributed by atoms with Crippen LogP contribution < -0.4 is 0 Å². The Balaban J connectivity index is 1.92. The number of aromatic carboxylic acids is 1. The molecule has 1 saturated heterocycles. The largest absolute Gasteiger partial charge is 0.478 e. The van der Waals surface area contributed by atoms with E-state index in [1.54, 1.807) is 12.1 Å². The highest BCUT2D eigenvalue weighted by atomic mass is 16.4. The van der Waals surface area contributed by atoms with Crippen LogP contribution in [0.2, 0.25) is 0 Å². The van der Waals surface area contributed by atoms with Crippen LogP contribution in [0.15, 0.2) is 36.4 Å². The van der Waals surface area contributed by atoms with E-state index in [9.17, 15) is 14.7 Å². The van der Waals surface area contributed by atoms with E-state index in [1.165, 1.54) is 0 Å². The number of carbonyl (C=O) groups excluding carboxylic acids is 1. The molecule has 0 bridgehead atoms. The van der Waals surface area contributed by atoms with Gasteiger partial charge in [-0.1, -0.05) is 51.0 Å². The Hall–Kier alpha value is -2.14. The Morgan fingerprint density at radius 2 is 2.00 bits per heavy atom. The molecule has 0 aliphatic carbocycles. The Kier molecular flexibility index (Phi) is 8.24. The number of carboxylic acids is 1. The van der Waals surface area contributed by atoms with Crippen molar-refractivity contribution in [2.24, 2.45) is 0 Å². The van der Waals surface area contributed by atoms with Gasteiger partial charge < -0.3 is 15.1 Å². The van der Waals surface area contributed by atoms with Crippen LogP contribution in [0.4, 0.5) is 0 Å². The molecule has 5 heteroatoms. The number of hydrogen-bond donors (Lipinski definition) is 2. The van der Waals surface area contributed by atoms with E-state index in [0.717, 1.165) is 37.7 Å². The SMILES string of the molecule is CCCC[C@@](O)(CC)C/C=C/[C@@H]1CCC(=O)N1CCc1ccc(C(=O)O)cc1. The molecule has 0 radical (unpaired) electrons. The van der Waals surface area contributed by atoms with Crippen molar-refractivity contribution in [1.82, 2.24) is 4.90 Å². The third kappa shape index (κ3) is 6.20. The van der Waals surface area contributed by atoms with Crippen LogP contribution in [-0.2, 0) is 11.2 Å². The minimum absolute atomic E-state index is 0.0816. The monoisotopic (exact) mass is 387 g/mol. The number of amides is 1. The van der Waals surface area contributed by atoms with E-state index in [2.05, 4.69) is 13.0 Å². The Labute approximate surface area is 168 Å². The summed E-state index contributed by atoms with van der Waals surface area (Å²) in [7, 11) is 0.